The summed E-state index contributed by atoms with van der Waals surface area (Å²) in [4.78, 5) is 11.9. The zero-order chi connectivity index (χ0) is 16.8. The van der Waals surface area contributed by atoms with Crippen LogP contribution in [-0.2, 0) is 4.79 Å². The van der Waals surface area contributed by atoms with Crippen molar-refractivity contribution >= 4 is 34.9 Å². The number of carbonyl (C=O) groups excluding carboxylic acids is 1. The Bertz CT molecular complexity index is 822. The zero-order valence-corrected chi connectivity index (χ0v) is 14.3. The zero-order valence-electron chi connectivity index (χ0n) is 12.7. The number of hydrogen-bond donors (Lipinski definition) is 1. The highest BCUT2D eigenvalue weighted by atomic mass is 35.5. The highest BCUT2D eigenvalue weighted by molar-refractivity contribution is 7.99. The Balaban J connectivity index is 1.39. The summed E-state index contributed by atoms with van der Waals surface area (Å²) in [5.41, 5.74) is 0.761. The lowest BCUT2D eigenvalue weighted by atomic mass is 10.3. The van der Waals surface area contributed by atoms with Gasteiger partial charge in [-0.05, 0) is 36.4 Å². The summed E-state index contributed by atoms with van der Waals surface area (Å²) in [6.45, 7) is 0.828. The van der Waals surface area contributed by atoms with Gasteiger partial charge in [-0.3, -0.25) is 9.20 Å². The van der Waals surface area contributed by atoms with Crippen molar-refractivity contribution < 1.29 is 9.53 Å². The third kappa shape index (κ3) is 4.39. The second kappa shape index (κ2) is 8.03. The van der Waals surface area contributed by atoms with Crippen molar-refractivity contribution in [1.29, 1.82) is 0 Å². The smallest absolute Gasteiger partial charge is 0.230 e. The Morgan fingerprint density at radius 3 is 2.88 bits per heavy atom. The summed E-state index contributed by atoms with van der Waals surface area (Å²) in [5.74, 6) is 0.918. The predicted octanol–water partition coefficient (Wildman–Crippen LogP) is 2.67. The second-order valence-corrected chi connectivity index (χ2v) is 6.23. The number of benzene rings is 1. The number of hydrogen-bond acceptors (Lipinski definition) is 5. The number of ether oxygens (including phenoxy) is 1. The molecule has 0 atom stereocenters. The number of rotatable bonds is 7. The first-order valence-corrected chi connectivity index (χ1v) is 8.66. The molecule has 0 radical (unpaired) electrons. The molecule has 8 heteroatoms. The molecule has 3 rings (SSSR count). The van der Waals surface area contributed by atoms with Crippen molar-refractivity contribution in [2.75, 3.05) is 18.9 Å². The molecule has 1 N–H and O–H groups in total. The summed E-state index contributed by atoms with van der Waals surface area (Å²) in [5, 5.41) is 12.3. The van der Waals surface area contributed by atoms with E-state index in [-0.39, 0.29) is 11.7 Å². The molecule has 0 bridgehead atoms. The van der Waals surface area contributed by atoms with E-state index in [1.54, 1.807) is 24.3 Å². The summed E-state index contributed by atoms with van der Waals surface area (Å²) >= 11 is 7.14. The minimum absolute atomic E-state index is 0.0765. The third-order valence-corrected chi connectivity index (χ3v) is 4.32. The van der Waals surface area contributed by atoms with Crippen molar-refractivity contribution in [3.63, 3.8) is 0 Å². The highest BCUT2D eigenvalue weighted by Crippen LogP contribution is 2.16. The summed E-state index contributed by atoms with van der Waals surface area (Å²) < 4.78 is 7.36. The summed E-state index contributed by atoms with van der Waals surface area (Å²) in [6.07, 6.45) is 1.87. The normalized spacial score (nSPS) is 10.7. The SMILES string of the molecule is O=C(CSc1nnc2ccccn12)NCCOc1ccc(Cl)cc1. The number of halogens is 1. The van der Waals surface area contributed by atoms with Crippen LogP contribution in [0.25, 0.3) is 5.65 Å². The molecule has 2 aromatic heterocycles. The van der Waals surface area contributed by atoms with Crippen LogP contribution >= 0.6 is 23.4 Å². The van der Waals surface area contributed by atoms with E-state index >= 15 is 0 Å². The van der Waals surface area contributed by atoms with Crippen LogP contribution in [0.5, 0.6) is 5.75 Å². The first-order chi connectivity index (χ1) is 11.7. The quantitative estimate of drug-likeness (QED) is 0.517. The molecule has 0 saturated carbocycles. The van der Waals surface area contributed by atoms with Gasteiger partial charge in [0.05, 0.1) is 12.3 Å². The van der Waals surface area contributed by atoms with E-state index in [1.165, 1.54) is 11.8 Å². The molecule has 0 aliphatic carbocycles. The maximum Gasteiger partial charge on any atom is 0.230 e. The molecule has 0 fully saturated rings. The fraction of sp³-hybridized carbons (Fsp3) is 0.188. The van der Waals surface area contributed by atoms with Gasteiger partial charge in [0.15, 0.2) is 10.8 Å². The van der Waals surface area contributed by atoms with Gasteiger partial charge < -0.3 is 10.1 Å². The van der Waals surface area contributed by atoms with Crippen molar-refractivity contribution in [2.45, 2.75) is 5.16 Å². The molecule has 0 spiro atoms. The number of aromatic nitrogens is 3. The fourth-order valence-electron chi connectivity index (χ4n) is 1.99. The molecule has 0 aliphatic heterocycles. The van der Waals surface area contributed by atoms with Gasteiger partial charge in [-0.15, -0.1) is 10.2 Å². The largest absolute Gasteiger partial charge is 0.492 e. The lowest BCUT2D eigenvalue weighted by Gasteiger charge is -2.07. The van der Waals surface area contributed by atoms with Crippen LogP contribution in [-0.4, -0.2) is 39.4 Å². The van der Waals surface area contributed by atoms with Crippen molar-refractivity contribution in [2.24, 2.45) is 0 Å². The topological polar surface area (TPSA) is 68.5 Å². The van der Waals surface area contributed by atoms with E-state index in [2.05, 4.69) is 15.5 Å². The number of carbonyl (C=O) groups is 1. The molecule has 24 heavy (non-hydrogen) atoms. The van der Waals surface area contributed by atoms with Gasteiger partial charge in [0.2, 0.25) is 5.91 Å². The Hall–Kier alpha value is -2.25. The van der Waals surface area contributed by atoms with Crippen LogP contribution in [0.15, 0.2) is 53.8 Å². The van der Waals surface area contributed by atoms with E-state index in [9.17, 15) is 4.79 Å². The first-order valence-electron chi connectivity index (χ1n) is 7.30. The number of amides is 1. The molecule has 2 heterocycles. The second-order valence-electron chi connectivity index (χ2n) is 4.85. The molecular formula is C16H15ClN4O2S. The molecule has 3 aromatic rings. The van der Waals surface area contributed by atoms with Crippen molar-refractivity contribution in [3.05, 3.63) is 53.7 Å². The van der Waals surface area contributed by atoms with Gasteiger partial charge in [-0.25, -0.2) is 0 Å². The summed E-state index contributed by atoms with van der Waals surface area (Å²) in [7, 11) is 0. The van der Waals surface area contributed by atoms with E-state index in [4.69, 9.17) is 16.3 Å². The fourth-order valence-corrected chi connectivity index (χ4v) is 2.87. The minimum atomic E-state index is -0.0765. The number of nitrogens with one attached hydrogen (secondary N) is 1. The van der Waals surface area contributed by atoms with E-state index in [0.29, 0.717) is 23.3 Å². The molecule has 124 valence electrons. The predicted molar refractivity (Wildman–Crippen MR) is 93.7 cm³/mol. The van der Waals surface area contributed by atoms with Crippen LogP contribution in [0, 0.1) is 0 Å². The van der Waals surface area contributed by atoms with Gasteiger partial charge in [0, 0.05) is 11.2 Å². The van der Waals surface area contributed by atoms with Crippen LogP contribution in [0.1, 0.15) is 0 Å². The van der Waals surface area contributed by atoms with Crippen molar-refractivity contribution in [1.82, 2.24) is 19.9 Å². The number of nitrogens with zero attached hydrogens (tertiary/aromatic N) is 3. The molecule has 0 aliphatic rings. The van der Waals surface area contributed by atoms with Gasteiger partial charge in [0.25, 0.3) is 0 Å². The van der Waals surface area contributed by atoms with Crippen LogP contribution in [0.2, 0.25) is 5.02 Å². The Morgan fingerprint density at radius 1 is 1.21 bits per heavy atom. The number of pyridine rings is 1. The average molecular weight is 363 g/mol. The maximum absolute atomic E-state index is 11.9. The molecule has 1 amide bonds. The standard InChI is InChI=1S/C16H15ClN4O2S/c17-12-4-6-13(7-5-12)23-10-8-18-15(22)11-24-16-20-19-14-3-1-2-9-21(14)16/h1-7,9H,8,10-11H2,(H,18,22). The Kier molecular flexibility index (Phi) is 5.55. The highest BCUT2D eigenvalue weighted by Gasteiger charge is 2.08. The van der Waals surface area contributed by atoms with E-state index in [1.807, 2.05) is 28.8 Å². The monoisotopic (exact) mass is 362 g/mol. The van der Waals surface area contributed by atoms with Gasteiger partial charge in [0.1, 0.15) is 12.4 Å². The number of thioether (sulfide) groups is 1. The minimum Gasteiger partial charge on any atom is -0.492 e. The lowest BCUT2D eigenvalue weighted by Crippen LogP contribution is -2.29. The Morgan fingerprint density at radius 2 is 2.04 bits per heavy atom. The van der Waals surface area contributed by atoms with Gasteiger partial charge >= 0.3 is 0 Å². The van der Waals surface area contributed by atoms with Crippen molar-refractivity contribution in [3.8, 4) is 5.75 Å². The molecule has 0 unspecified atom stereocenters. The molecular weight excluding hydrogens is 348 g/mol. The maximum atomic E-state index is 11.9. The third-order valence-electron chi connectivity index (χ3n) is 3.12. The van der Waals surface area contributed by atoms with E-state index in [0.717, 1.165) is 11.4 Å². The summed E-state index contributed by atoms with van der Waals surface area (Å²) in [6, 6.07) is 12.8. The van der Waals surface area contributed by atoms with Gasteiger partial charge in [-0.2, -0.15) is 0 Å². The van der Waals surface area contributed by atoms with Crippen LogP contribution in [0.3, 0.4) is 0 Å². The molecule has 1 aromatic carbocycles. The molecule has 6 nitrogen and oxygen atoms in total. The van der Waals surface area contributed by atoms with Crippen LogP contribution < -0.4 is 10.1 Å². The van der Waals surface area contributed by atoms with Crippen LogP contribution in [0.4, 0.5) is 0 Å². The Labute approximate surface area is 148 Å². The van der Waals surface area contributed by atoms with E-state index < -0.39 is 0 Å². The average Bonchev–Trinajstić information content (AvgIpc) is 3.02. The number of fused-ring (bicyclic) bond motifs is 1. The first kappa shape index (κ1) is 16.6. The van der Waals surface area contributed by atoms with Gasteiger partial charge in [-0.1, -0.05) is 29.4 Å². The lowest BCUT2D eigenvalue weighted by molar-refractivity contribution is -0.118. The molecule has 0 saturated heterocycles.